The van der Waals surface area contributed by atoms with Crippen LogP contribution in [0.2, 0.25) is 0 Å². The van der Waals surface area contributed by atoms with Gasteiger partial charge in [0, 0.05) is 57.4 Å². The molecule has 1 aromatic rings. The van der Waals surface area contributed by atoms with Crippen molar-refractivity contribution in [1.29, 1.82) is 0 Å². The van der Waals surface area contributed by atoms with E-state index in [2.05, 4.69) is 36.7 Å². The number of piperazine rings is 1. The average Bonchev–Trinajstić information content (AvgIpc) is 3.47. The normalized spacial score (nSPS) is 35.5. The number of hydrogen-bond acceptors (Lipinski definition) is 7. The zero-order valence-electron chi connectivity index (χ0n) is 15.6. The van der Waals surface area contributed by atoms with E-state index in [-0.39, 0.29) is 6.04 Å². The third-order valence-electron chi connectivity index (χ3n) is 6.73. The van der Waals surface area contributed by atoms with Crippen LogP contribution in [-0.2, 0) is 4.74 Å². The minimum absolute atomic E-state index is 0.243. The highest BCUT2D eigenvalue weighted by Crippen LogP contribution is 2.38. The fourth-order valence-corrected chi connectivity index (χ4v) is 4.98. The number of anilines is 1. The Morgan fingerprint density at radius 3 is 2.65 bits per heavy atom. The first-order chi connectivity index (χ1) is 12.8. The van der Waals surface area contributed by atoms with Gasteiger partial charge in [-0.15, -0.1) is 0 Å². The lowest BCUT2D eigenvalue weighted by Gasteiger charge is -2.36. The van der Waals surface area contributed by atoms with Gasteiger partial charge in [-0.3, -0.25) is 10.3 Å². The summed E-state index contributed by atoms with van der Waals surface area (Å²) in [5.74, 6) is 1.61. The monoisotopic (exact) mass is 358 g/mol. The van der Waals surface area contributed by atoms with Crippen LogP contribution in [0, 0.1) is 5.92 Å². The first-order valence-electron chi connectivity index (χ1n) is 10.2. The van der Waals surface area contributed by atoms with Crippen LogP contribution in [0.1, 0.15) is 43.8 Å². The van der Waals surface area contributed by atoms with Crippen molar-refractivity contribution in [2.24, 2.45) is 5.92 Å². The summed E-state index contributed by atoms with van der Waals surface area (Å²) in [5.41, 5.74) is 8.09. The molecular weight excluding hydrogens is 328 g/mol. The number of hydrazine groups is 1. The van der Waals surface area contributed by atoms with Gasteiger partial charge in [0.2, 0.25) is 0 Å². The van der Waals surface area contributed by atoms with Crippen molar-refractivity contribution < 1.29 is 4.74 Å². The maximum absolute atomic E-state index is 5.64. The van der Waals surface area contributed by atoms with E-state index in [0.29, 0.717) is 18.1 Å². The van der Waals surface area contributed by atoms with Crippen molar-refractivity contribution in [3.05, 3.63) is 18.1 Å². The van der Waals surface area contributed by atoms with Gasteiger partial charge in [-0.1, -0.05) is 0 Å². The summed E-state index contributed by atoms with van der Waals surface area (Å²) in [6.07, 6.45) is 8.28. The third kappa shape index (κ3) is 3.22. The highest BCUT2D eigenvalue weighted by atomic mass is 16.5. The summed E-state index contributed by atoms with van der Waals surface area (Å²) < 4.78 is 5.64. The second-order valence-electron chi connectivity index (χ2n) is 8.26. The summed E-state index contributed by atoms with van der Waals surface area (Å²) in [4.78, 5) is 14.3. The fraction of sp³-hybridized carbons (Fsp3) is 0.789. The zero-order chi connectivity index (χ0) is 17.5. The number of hydrogen-bond donors (Lipinski definition) is 2. The molecule has 0 spiro atoms. The maximum atomic E-state index is 5.64. The van der Waals surface area contributed by atoms with Gasteiger partial charge in [0.05, 0.1) is 17.8 Å². The summed E-state index contributed by atoms with van der Waals surface area (Å²) in [6.45, 7) is 4.46. The number of aromatic nitrogens is 2. The number of nitrogens with one attached hydrogen (secondary N) is 2. The minimum Gasteiger partial charge on any atom is -0.381 e. The Hall–Kier alpha value is -1.28. The summed E-state index contributed by atoms with van der Waals surface area (Å²) in [5, 5.41) is 0. The molecule has 5 rings (SSSR count). The average molecular weight is 358 g/mol. The molecule has 2 aliphatic carbocycles. The van der Waals surface area contributed by atoms with E-state index in [4.69, 9.17) is 4.74 Å². The van der Waals surface area contributed by atoms with Gasteiger partial charge in [-0.25, -0.2) is 15.4 Å². The molecule has 26 heavy (non-hydrogen) atoms. The molecule has 3 heterocycles. The first-order valence-corrected chi connectivity index (χ1v) is 10.2. The molecule has 4 aliphatic rings. The molecule has 0 bridgehead atoms. The van der Waals surface area contributed by atoms with Crippen LogP contribution in [0.25, 0.3) is 0 Å². The minimum atomic E-state index is 0.243. The standard InChI is InChI=1S/C19H30N6O/c1-26-14-4-5-16-15(10-14)19(23-22-16)17-11-18(21-12-20-17)25-8-6-24(7-9-25)13-2-3-13/h11-16,19,22-23H,2-10H2,1H3. The zero-order valence-corrected chi connectivity index (χ0v) is 15.6. The SMILES string of the molecule is COC1CCC2NNC(c3cc(N4CCN(C5CC5)CC4)ncn3)C2C1. The van der Waals surface area contributed by atoms with E-state index in [1.807, 2.05) is 7.11 Å². The summed E-state index contributed by atoms with van der Waals surface area (Å²) >= 11 is 0. The van der Waals surface area contributed by atoms with Crippen LogP contribution < -0.4 is 15.8 Å². The van der Waals surface area contributed by atoms with Gasteiger partial charge >= 0.3 is 0 Å². The molecule has 2 N–H and O–H groups in total. The van der Waals surface area contributed by atoms with Crippen molar-refractivity contribution in [2.45, 2.75) is 56.3 Å². The van der Waals surface area contributed by atoms with Gasteiger partial charge in [0.25, 0.3) is 0 Å². The van der Waals surface area contributed by atoms with E-state index < -0.39 is 0 Å². The van der Waals surface area contributed by atoms with E-state index in [9.17, 15) is 0 Å². The Kier molecular flexibility index (Phi) is 4.56. The fourth-order valence-electron chi connectivity index (χ4n) is 4.98. The number of rotatable bonds is 4. The van der Waals surface area contributed by atoms with Gasteiger partial charge < -0.3 is 9.64 Å². The Morgan fingerprint density at radius 2 is 1.88 bits per heavy atom. The van der Waals surface area contributed by atoms with Crippen LogP contribution in [-0.4, -0.2) is 66.3 Å². The van der Waals surface area contributed by atoms with E-state index in [1.165, 1.54) is 12.8 Å². The quantitative estimate of drug-likeness (QED) is 0.835. The number of nitrogens with zero attached hydrogens (tertiary/aromatic N) is 4. The number of ether oxygens (including phenoxy) is 1. The van der Waals surface area contributed by atoms with Gasteiger partial charge in [-0.05, 0) is 32.1 Å². The molecule has 0 aromatic carbocycles. The predicted octanol–water partition coefficient (Wildman–Crippen LogP) is 1.09. The van der Waals surface area contributed by atoms with Gasteiger partial charge in [-0.2, -0.15) is 0 Å². The molecule has 4 atom stereocenters. The molecule has 7 nitrogen and oxygen atoms in total. The molecule has 1 aromatic heterocycles. The van der Waals surface area contributed by atoms with E-state index >= 15 is 0 Å². The van der Waals surface area contributed by atoms with Crippen molar-refractivity contribution in [1.82, 2.24) is 25.7 Å². The lowest BCUT2D eigenvalue weighted by atomic mass is 9.79. The van der Waals surface area contributed by atoms with Crippen LogP contribution in [0.5, 0.6) is 0 Å². The highest BCUT2D eigenvalue weighted by Gasteiger charge is 2.42. The second kappa shape index (κ2) is 7.03. The molecule has 0 radical (unpaired) electrons. The molecule has 2 saturated carbocycles. The van der Waals surface area contributed by atoms with E-state index in [1.54, 1.807) is 6.33 Å². The third-order valence-corrected chi connectivity index (χ3v) is 6.73. The van der Waals surface area contributed by atoms with Crippen LogP contribution >= 0.6 is 0 Å². The largest absolute Gasteiger partial charge is 0.381 e. The second-order valence-corrected chi connectivity index (χ2v) is 8.26. The van der Waals surface area contributed by atoms with Crippen LogP contribution in [0.3, 0.4) is 0 Å². The lowest BCUT2D eigenvalue weighted by molar-refractivity contribution is 0.0436. The molecular formula is C19H30N6O. The first kappa shape index (κ1) is 16.9. The number of methoxy groups -OCH3 is 1. The molecule has 4 fully saturated rings. The lowest BCUT2D eigenvalue weighted by Crippen LogP contribution is -2.47. The van der Waals surface area contributed by atoms with Gasteiger partial charge in [0.15, 0.2) is 0 Å². The predicted molar refractivity (Wildman–Crippen MR) is 99.8 cm³/mol. The molecule has 0 amide bonds. The molecule has 7 heteroatoms. The molecule has 2 saturated heterocycles. The Balaban J connectivity index is 1.29. The van der Waals surface area contributed by atoms with Gasteiger partial charge in [0.1, 0.15) is 12.1 Å². The van der Waals surface area contributed by atoms with Crippen molar-refractivity contribution >= 4 is 5.82 Å². The molecule has 2 aliphatic heterocycles. The maximum Gasteiger partial charge on any atom is 0.132 e. The Labute approximate surface area is 155 Å². The Bertz CT molecular complexity index is 630. The molecule has 4 unspecified atom stereocenters. The highest BCUT2D eigenvalue weighted by molar-refractivity contribution is 5.40. The van der Waals surface area contributed by atoms with Crippen LogP contribution in [0.4, 0.5) is 5.82 Å². The number of fused-ring (bicyclic) bond motifs is 1. The smallest absolute Gasteiger partial charge is 0.132 e. The van der Waals surface area contributed by atoms with Crippen LogP contribution in [0.15, 0.2) is 12.4 Å². The van der Waals surface area contributed by atoms with E-state index in [0.717, 1.165) is 63.0 Å². The Morgan fingerprint density at radius 1 is 1.04 bits per heavy atom. The van der Waals surface area contributed by atoms with Crippen molar-refractivity contribution in [3.8, 4) is 0 Å². The summed E-state index contributed by atoms with van der Waals surface area (Å²) in [7, 11) is 1.83. The van der Waals surface area contributed by atoms with Crippen molar-refractivity contribution in [2.75, 3.05) is 38.2 Å². The summed E-state index contributed by atoms with van der Waals surface area (Å²) in [6, 6.07) is 3.83. The molecule has 142 valence electrons. The topological polar surface area (TPSA) is 65.6 Å². The van der Waals surface area contributed by atoms with Crippen molar-refractivity contribution in [3.63, 3.8) is 0 Å².